The molecule has 98 valence electrons. The first-order chi connectivity index (χ1) is 8.28. The third-order valence-electron chi connectivity index (χ3n) is 3.19. The molecule has 0 saturated carbocycles. The van der Waals surface area contributed by atoms with E-state index in [1.807, 2.05) is 6.92 Å². The second-order valence-electron chi connectivity index (χ2n) is 4.98. The fraction of sp³-hybridized carbons (Fsp3) is 0.462. The van der Waals surface area contributed by atoms with Gasteiger partial charge in [-0.15, -0.1) is 0 Å². The molecule has 1 aliphatic heterocycles. The van der Waals surface area contributed by atoms with Crippen molar-refractivity contribution in [2.24, 2.45) is 0 Å². The highest BCUT2D eigenvalue weighted by Gasteiger charge is 2.34. The zero-order valence-electron chi connectivity index (χ0n) is 9.97. The van der Waals surface area contributed by atoms with Gasteiger partial charge >= 0.3 is 6.18 Å². The van der Waals surface area contributed by atoms with Gasteiger partial charge in [-0.3, -0.25) is 4.79 Å². The molecule has 1 aliphatic rings. The highest BCUT2D eigenvalue weighted by molar-refractivity contribution is 5.79. The molecule has 18 heavy (non-hydrogen) atoms. The number of amides is 1. The smallest absolute Gasteiger partial charge is 0.351 e. The topological polar surface area (TPSA) is 29.1 Å². The van der Waals surface area contributed by atoms with Gasteiger partial charge in [0.2, 0.25) is 5.91 Å². The Bertz CT molecular complexity index is 470. The molecule has 1 atom stereocenters. The molecule has 0 aliphatic carbocycles. The highest BCUT2D eigenvalue weighted by atomic mass is 19.4. The molecule has 2 rings (SSSR count). The van der Waals surface area contributed by atoms with Crippen LogP contribution in [0.3, 0.4) is 0 Å². The van der Waals surface area contributed by atoms with Crippen molar-refractivity contribution in [1.82, 2.24) is 5.32 Å². The number of alkyl halides is 3. The van der Waals surface area contributed by atoms with Crippen LogP contribution in [0.4, 0.5) is 13.2 Å². The standard InChI is InChI=1S/C13H14F3NO/c1-12(6-5-11(18)17-12)8-9-3-2-4-10(7-9)13(14,15)16/h2-4,7H,5-6,8H2,1H3,(H,17,18). The minimum Gasteiger partial charge on any atom is -0.351 e. The van der Waals surface area contributed by atoms with Gasteiger partial charge in [0, 0.05) is 12.0 Å². The molecule has 1 heterocycles. The Labute approximate surface area is 103 Å². The minimum atomic E-state index is -4.32. The van der Waals surface area contributed by atoms with E-state index in [1.54, 1.807) is 6.07 Å². The largest absolute Gasteiger partial charge is 0.416 e. The van der Waals surface area contributed by atoms with Crippen LogP contribution in [0.25, 0.3) is 0 Å². The van der Waals surface area contributed by atoms with Crippen LogP contribution in [0.5, 0.6) is 0 Å². The average Bonchev–Trinajstić information content (AvgIpc) is 2.57. The van der Waals surface area contributed by atoms with E-state index in [2.05, 4.69) is 5.32 Å². The zero-order chi connectivity index (χ0) is 13.4. The van der Waals surface area contributed by atoms with E-state index in [0.29, 0.717) is 24.8 Å². The zero-order valence-corrected chi connectivity index (χ0v) is 9.97. The van der Waals surface area contributed by atoms with Crippen molar-refractivity contribution >= 4 is 5.91 Å². The second kappa shape index (κ2) is 4.30. The predicted molar refractivity (Wildman–Crippen MR) is 60.9 cm³/mol. The Hall–Kier alpha value is -1.52. The molecule has 1 amide bonds. The summed E-state index contributed by atoms with van der Waals surface area (Å²) in [6, 6.07) is 5.26. The minimum absolute atomic E-state index is 0.0375. The van der Waals surface area contributed by atoms with Gasteiger partial charge < -0.3 is 5.32 Å². The summed E-state index contributed by atoms with van der Waals surface area (Å²) in [6.45, 7) is 1.86. The molecular weight excluding hydrogens is 243 g/mol. The quantitative estimate of drug-likeness (QED) is 0.867. The summed E-state index contributed by atoms with van der Waals surface area (Å²) in [7, 11) is 0. The first-order valence-electron chi connectivity index (χ1n) is 5.76. The summed E-state index contributed by atoms with van der Waals surface area (Å²) in [6.07, 6.45) is -2.81. The van der Waals surface area contributed by atoms with Gasteiger partial charge in [0.05, 0.1) is 5.56 Å². The van der Waals surface area contributed by atoms with Crippen LogP contribution < -0.4 is 5.32 Å². The van der Waals surface area contributed by atoms with Crippen molar-refractivity contribution < 1.29 is 18.0 Å². The Balaban J connectivity index is 2.17. The Kier molecular flexibility index (Phi) is 3.09. The Morgan fingerprint density at radius 1 is 1.39 bits per heavy atom. The number of nitrogens with one attached hydrogen (secondary N) is 1. The molecule has 0 bridgehead atoms. The molecule has 1 unspecified atom stereocenters. The maximum atomic E-state index is 12.6. The molecular formula is C13H14F3NO. The molecule has 1 fully saturated rings. The van der Waals surface area contributed by atoms with Gasteiger partial charge in [0.15, 0.2) is 0 Å². The molecule has 5 heteroatoms. The number of benzene rings is 1. The molecule has 1 aromatic carbocycles. The van der Waals surface area contributed by atoms with E-state index in [-0.39, 0.29) is 5.91 Å². The van der Waals surface area contributed by atoms with Crippen molar-refractivity contribution in [3.05, 3.63) is 35.4 Å². The lowest BCUT2D eigenvalue weighted by atomic mass is 9.91. The molecule has 0 aromatic heterocycles. The van der Waals surface area contributed by atoms with Crippen LogP contribution in [0.1, 0.15) is 30.9 Å². The van der Waals surface area contributed by atoms with Crippen LogP contribution in [-0.2, 0) is 17.4 Å². The van der Waals surface area contributed by atoms with Crippen LogP contribution in [0.2, 0.25) is 0 Å². The third kappa shape index (κ3) is 2.83. The number of halogens is 3. The normalized spacial score (nSPS) is 24.1. The van der Waals surface area contributed by atoms with Crippen LogP contribution in [0, 0.1) is 0 Å². The summed E-state index contributed by atoms with van der Waals surface area (Å²) in [4.78, 5) is 11.2. The fourth-order valence-electron chi connectivity index (χ4n) is 2.29. The van der Waals surface area contributed by atoms with Crippen molar-refractivity contribution in [2.75, 3.05) is 0 Å². The van der Waals surface area contributed by atoms with E-state index in [0.717, 1.165) is 12.1 Å². The summed E-state index contributed by atoms with van der Waals surface area (Å²) >= 11 is 0. The monoisotopic (exact) mass is 257 g/mol. The van der Waals surface area contributed by atoms with Gasteiger partial charge in [0.1, 0.15) is 0 Å². The fourth-order valence-corrected chi connectivity index (χ4v) is 2.29. The molecule has 1 saturated heterocycles. The number of hydrogen-bond donors (Lipinski definition) is 1. The first kappa shape index (κ1) is 12.9. The van der Waals surface area contributed by atoms with Crippen molar-refractivity contribution in [1.29, 1.82) is 0 Å². The summed E-state index contributed by atoms with van der Waals surface area (Å²) in [5.41, 5.74) is -0.483. The molecule has 0 radical (unpaired) electrons. The van der Waals surface area contributed by atoms with Gasteiger partial charge in [-0.05, 0) is 31.4 Å². The van der Waals surface area contributed by atoms with Gasteiger partial charge in [-0.1, -0.05) is 18.2 Å². The Morgan fingerprint density at radius 3 is 2.67 bits per heavy atom. The number of rotatable bonds is 2. The number of carbonyl (C=O) groups excluding carboxylic acids is 1. The van der Waals surface area contributed by atoms with Gasteiger partial charge in [0.25, 0.3) is 0 Å². The third-order valence-corrected chi connectivity index (χ3v) is 3.19. The maximum Gasteiger partial charge on any atom is 0.416 e. The SMILES string of the molecule is CC1(Cc2cccc(C(F)(F)F)c2)CCC(=O)N1. The highest BCUT2D eigenvalue weighted by Crippen LogP contribution is 2.31. The number of hydrogen-bond acceptors (Lipinski definition) is 1. The van der Waals surface area contributed by atoms with Crippen molar-refractivity contribution in [3.63, 3.8) is 0 Å². The lowest BCUT2D eigenvalue weighted by Crippen LogP contribution is -2.40. The lowest BCUT2D eigenvalue weighted by molar-refractivity contribution is -0.137. The van der Waals surface area contributed by atoms with Crippen molar-refractivity contribution in [2.45, 2.75) is 37.9 Å². The van der Waals surface area contributed by atoms with Crippen LogP contribution in [-0.4, -0.2) is 11.4 Å². The number of carbonyl (C=O) groups is 1. The van der Waals surface area contributed by atoms with Gasteiger partial charge in [-0.25, -0.2) is 0 Å². The molecule has 1 aromatic rings. The van der Waals surface area contributed by atoms with E-state index in [4.69, 9.17) is 0 Å². The summed E-state index contributed by atoms with van der Waals surface area (Å²) in [5.74, 6) is -0.0375. The summed E-state index contributed by atoms with van der Waals surface area (Å²) in [5, 5.41) is 2.82. The second-order valence-corrected chi connectivity index (χ2v) is 4.98. The summed E-state index contributed by atoms with van der Waals surface area (Å²) < 4.78 is 37.7. The van der Waals surface area contributed by atoms with Crippen LogP contribution in [0.15, 0.2) is 24.3 Å². The van der Waals surface area contributed by atoms with E-state index >= 15 is 0 Å². The van der Waals surface area contributed by atoms with E-state index < -0.39 is 17.3 Å². The predicted octanol–water partition coefficient (Wildman–Crippen LogP) is 2.92. The maximum absolute atomic E-state index is 12.6. The molecule has 0 spiro atoms. The van der Waals surface area contributed by atoms with Gasteiger partial charge in [-0.2, -0.15) is 13.2 Å². The molecule has 1 N–H and O–H groups in total. The average molecular weight is 257 g/mol. The van der Waals surface area contributed by atoms with Crippen LogP contribution >= 0.6 is 0 Å². The lowest BCUT2D eigenvalue weighted by Gasteiger charge is -2.24. The molecule has 2 nitrogen and oxygen atoms in total. The van der Waals surface area contributed by atoms with Crippen molar-refractivity contribution in [3.8, 4) is 0 Å². The first-order valence-corrected chi connectivity index (χ1v) is 5.76. The Morgan fingerprint density at radius 2 is 2.11 bits per heavy atom. The van der Waals surface area contributed by atoms with E-state index in [9.17, 15) is 18.0 Å². The van der Waals surface area contributed by atoms with E-state index in [1.165, 1.54) is 6.07 Å².